The lowest BCUT2D eigenvalue weighted by Crippen LogP contribution is -2.27. The highest BCUT2D eigenvalue weighted by molar-refractivity contribution is 9.09. The minimum Gasteiger partial charge on any atom is -0.497 e. The van der Waals surface area contributed by atoms with Gasteiger partial charge in [0.1, 0.15) is 11.4 Å². The fourth-order valence-electron chi connectivity index (χ4n) is 1.69. The molecule has 1 N–H and O–H groups in total. The molecule has 112 valence electrons. The van der Waals surface area contributed by atoms with Crippen molar-refractivity contribution < 1.29 is 14.3 Å². The second-order valence-electron chi connectivity index (χ2n) is 5.44. The summed E-state index contributed by atoms with van der Waals surface area (Å²) in [5.41, 5.74) is 1.29. The molecule has 0 heterocycles. The lowest BCUT2D eigenvalue weighted by molar-refractivity contribution is 0.0636. The van der Waals surface area contributed by atoms with Crippen LogP contribution in [0.5, 0.6) is 5.75 Å². The zero-order valence-electron chi connectivity index (χ0n) is 12.5. The maximum absolute atomic E-state index is 11.9. The maximum atomic E-state index is 11.9. The molecule has 0 unspecified atom stereocenters. The van der Waals surface area contributed by atoms with Crippen LogP contribution in [0.3, 0.4) is 0 Å². The number of carbonyl (C=O) groups excluding carboxylic acids is 1. The maximum Gasteiger partial charge on any atom is 0.412 e. The number of methoxy groups -OCH3 is 1. The van der Waals surface area contributed by atoms with Crippen molar-refractivity contribution in [3.63, 3.8) is 0 Å². The number of benzene rings is 1. The summed E-state index contributed by atoms with van der Waals surface area (Å²) in [4.78, 5) is 11.9. The van der Waals surface area contributed by atoms with Gasteiger partial charge in [-0.15, -0.1) is 0 Å². The van der Waals surface area contributed by atoms with E-state index in [2.05, 4.69) is 21.2 Å². The van der Waals surface area contributed by atoms with Gasteiger partial charge in [0, 0.05) is 11.4 Å². The number of hydrogen-bond acceptors (Lipinski definition) is 3. The lowest BCUT2D eigenvalue weighted by atomic mass is 10.1. The van der Waals surface area contributed by atoms with Crippen molar-refractivity contribution in [2.45, 2.75) is 39.2 Å². The van der Waals surface area contributed by atoms with Crippen LogP contribution < -0.4 is 10.1 Å². The Bertz CT molecular complexity index is 455. The number of alkyl halides is 1. The van der Waals surface area contributed by atoms with Gasteiger partial charge in [0.2, 0.25) is 0 Å². The van der Waals surface area contributed by atoms with Crippen molar-refractivity contribution >= 4 is 27.7 Å². The smallest absolute Gasteiger partial charge is 0.412 e. The zero-order chi connectivity index (χ0) is 15.2. The van der Waals surface area contributed by atoms with Crippen molar-refractivity contribution in [2.24, 2.45) is 0 Å². The lowest BCUT2D eigenvalue weighted by Gasteiger charge is -2.20. The molecule has 0 bridgehead atoms. The third kappa shape index (κ3) is 5.82. The van der Waals surface area contributed by atoms with Crippen LogP contribution in [-0.2, 0) is 11.2 Å². The molecule has 0 aromatic heterocycles. The number of carbonyl (C=O) groups is 1. The molecule has 0 saturated carbocycles. The summed E-state index contributed by atoms with van der Waals surface area (Å²) < 4.78 is 10.5. The quantitative estimate of drug-likeness (QED) is 0.807. The van der Waals surface area contributed by atoms with Crippen LogP contribution in [0.4, 0.5) is 10.5 Å². The normalized spacial score (nSPS) is 11.1. The van der Waals surface area contributed by atoms with Crippen LogP contribution in [0.25, 0.3) is 0 Å². The van der Waals surface area contributed by atoms with Crippen molar-refractivity contribution in [2.75, 3.05) is 17.8 Å². The van der Waals surface area contributed by atoms with Gasteiger partial charge in [0.25, 0.3) is 0 Å². The zero-order valence-corrected chi connectivity index (χ0v) is 14.0. The molecule has 20 heavy (non-hydrogen) atoms. The summed E-state index contributed by atoms with van der Waals surface area (Å²) >= 11 is 3.41. The fourth-order valence-corrected chi connectivity index (χ4v) is 1.97. The summed E-state index contributed by atoms with van der Waals surface area (Å²) in [6.07, 6.45) is 1.42. The molecule has 0 radical (unpaired) electrons. The molecule has 1 aromatic carbocycles. The molecule has 5 heteroatoms. The van der Waals surface area contributed by atoms with E-state index in [4.69, 9.17) is 9.47 Å². The predicted octanol–water partition coefficient (Wildman–Crippen LogP) is 4.37. The first kappa shape index (κ1) is 16.8. The van der Waals surface area contributed by atoms with E-state index in [-0.39, 0.29) is 0 Å². The summed E-state index contributed by atoms with van der Waals surface area (Å²) in [5, 5.41) is 3.72. The molecule has 0 fully saturated rings. The Morgan fingerprint density at radius 1 is 1.35 bits per heavy atom. The predicted molar refractivity (Wildman–Crippen MR) is 85.0 cm³/mol. The van der Waals surface area contributed by atoms with E-state index in [9.17, 15) is 4.79 Å². The third-order valence-corrected chi connectivity index (χ3v) is 3.09. The van der Waals surface area contributed by atoms with E-state index in [1.54, 1.807) is 7.11 Å². The number of nitrogens with one attached hydrogen (secondary N) is 1. The number of aryl methyl sites for hydroxylation is 1. The average molecular weight is 344 g/mol. The molecule has 1 aromatic rings. The first-order valence-electron chi connectivity index (χ1n) is 6.58. The first-order chi connectivity index (χ1) is 9.35. The second-order valence-corrected chi connectivity index (χ2v) is 6.24. The highest BCUT2D eigenvalue weighted by Crippen LogP contribution is 2.24. The fraction of sp³-hybridized carbons (Fsp3) is 0.533. The summed E-state index contributed by atoms with van der Waals surface area (Å²) in [6.45, 7) is 5.51. The Hall–Kier alpha value is -1.23. The van der Waals surface area contributed by atoms with Gasteiger partial charge in [0.15, 0.2) is 0 Å². The molecule has 0 aliphatic rings. The van der Waals surface area contributed by atoms with Gasteiger partial charge in [0.05, 0.1) is 12.8 Å². The van der Waals surface area contributed by atoms with Gasteiger partial charge < -0.3 is 9.47 Å². The molecular formula is C15H22BrNO3. The Labute approximate surface area is 129 Å². The van der Waals surface area contributed by atoms with Crippen LogP contribution in [0, 0.1) is 0 Å². The molecule has 4 nitrogen and oxygen atoms in total. The van der Waals surface area contributed by atoms with E-state index in [1.165, 1.54) is 0 Å². The number of rotatable bonds is 5. The number of amides is 1. The molecule has 0 aliphatic carbocycles. The summed E-state index contributed by atoms with van der Waals surface area (Å²) in [5.74, 6) is 0.707. The van der Waals surface area contributed by atoms with Crippen LogP contribution in [-0.4, -0.2) is 24.1 Å². The van der Waals surface area contributed by atoms with Crippen molar-refractivity contribution in [1.29, 1.82) is 0 Å². The first-order valence-corrected chi connectivity index (χ1v) is 7.71. The Morgan fingerprint density at radius 2 is 2.05 bits per heavy atom. The van der Waals surface area contributed by atoms with E-state index >= 15 is 0 Å². The largest absolute Gasteiger partial charge is 0.497 e. The van der Waals surface area contributed by atoms with Gasteiger partial charge >= 0.3 is 6.09 Å². The van der Waals surface area contributed by atoms with Gasteiger partial charge in [-0.2, -0.15) is 0 Å². The number of anilines is 1. The monoisotopic (exact) mass is 343 g/mol. The van der Waals surface area contributed by atoms with Crippen molar-refractivity contribution in [3.05, 3.63) is 23.8 Å². The van der Waals surface area contributed by atoms with Gasteiger partial charge in [-0.25, -0.2) is 4.79 Å². The standard InChI is InChI=1S/C15H22BrNO3/c1-15(2,3)20-14(18)17-13-10-12(19-4)8-7-11(13)6-5-9-16/h7-8,10H,5-6,9H2,1-4H3,(H,17,18). The van der Waals surface area contributed by atoms with E-state index in [0.29, 0.717) is 5.75 Å². The second kappa shape index (κ2) is 7.53. The Kier molecular flexibility index (Phi) is 6.33. The highest BCUT2D eigenvalue weighted by Gasteiger charge is 2.17. The minimum absolute atomic E-state index is 0.453. The molecule has 0 atom stereocenters. The van der Waals surface area contributed by atoms with Crippen LogP contribution in [0.2, 0.25) is 0 Å². The van der Waals surface area contributed by atoms with Crippen LogP contribution >= 0.6 is 15.9 Å². The molecule has 0 aliphatic heterocycles. The van der Waals surface area contributed by atoms with Gasteiger partial charge in [-0.3, -0.25) is 5.32 Å². The van der Waals surface area contributed by atoms with Crippen LogP contribution in [0.15, 0.2) is 18.2 Å². The molecule has 0 spiro atoms. The molecule has 1 amide bonds. The Balaban J connectivity index is 2.86. The highest BCUT2D eigenvalue weighted by atomic mass is 79.9. The number of hydrogen-bond donors (Lipinski definition) is 1. The van der Waals surface area contributed by atoms with Gasteiger partial charge in [-0.1, -0.05) is 22.0 Å². The summed E-state index contributed by atoms with van der Waals surface area (Å²) in [6, 6.07) is 5.67. The summed E-state index contributed by atoms with van der Waals surface area (Å²) in [7, 11) is 1.60. The molecule has 1 rings (SSSR count). The Morgan fingerprint density at radius 3 is 2.60 bits per heavy atom. The topological polar surface area (TPSA) is 47.6 Å². The number of halogens is 1. The van der Waals surface area contributed by atoms with Crippen LogP contribution in [0.1, 0.15) is 32.8 Å². The van der Waals surface area contributed by atoms with E-state index < -0.39 is 11.7 Å². The van der Waals surface area contributed by atoms with Gasteiger partial charge in [-0.05, 0) is 45.2 Å². The van der Waals surface area contributed by atoms with Crippen molar-refractivity contribution in [3.8, 4) is 5.75 Å². The third-order valence-electron chi connectivity index (χ3n) is 2.53. The minimum atomic E-state index is -0.515. The number of ether oxygens (including phenoxy) is 2. The average Bonchev–Trinajstić information content (AvgIpc) is 2.34. The molecular weight excluding hydrogens is 322 g/mol. The van der Waals surface area contributed by atoms with E-state index in [1.807, 2.05) is 39.0 Å². The van der Waals surface area contributed by atoms with E-state index in [0.717, 1.165) is 29.4 Å². The van der Waals surface area contributed by atoms with Crippen molar-refractivity contribution in [1.82, 2.24) is 0 Å². The molecule has 0 saturated heterocycles. The SMILES string of the molecule is COc1ccc(CCCBr)c(NC(=O)OC(C)(C)C)c1.